The first-order valence-corrected chi connectivity index (χ1v) is 8.61. The van der Waals surface area contributed by atoms with Crippen LogP contribution in [0.1, 0.15) is 0 Å². The summed E-state index contributed by atoms with van der Waals surface area (Å²) in [6.45, 7) is 0. The van der Waals surface area contributed by atoms with Crippen molar-refractivity contribution in [2.24, 2.45) is 0 Å². The Balaban J connectivity index is 2.36. The molecule has 0 radical (unpaired) electrons. The lowest BCUT2D eigenvalue weighted by Gasteiger charge is -2.10. The predicted octanol–water partition coefficient (Wildman–Crippen LogP) is 4.62. The maximum absolute atomic E-state index is 11.3. The minimum Gasteiger partial charge on any atom is -0.454 e. The maximum atomic E-state index is 11.3. The van der Waals surface area contributed by atoms with Gasteiger partial charge in [-0.25, -0.2) is 8.42 Å². The van der Waals surface area contributed by atoms with Crippen molar-refractivity contribution < 1.29 is 18.1 Å². The van der Waals surface area contributed by atoms with E-state index in [0.717, 1.165) is 12.1 Å². The highest BCUT2D eigenvalue weighted by molar-refractivity contribution is 8.13. The number of ether oxygens (including phenoxy) is 1. The summed E-state index contributed by atoms with van der Waals surface area (Å²) in [7, 11) is 1.23. The van der Waals surface area contributed by atoms with E-state index in [1.54, 1.807) is 0 Å². The number of halogens is 3. The summed E-state index contributed by atoms with van der Waals surface area (Å²) in [5, 5.41) is 10.4. The summed E-state index contributed by atoms with van der Waals surface area (Å²) >= 11 is 11.9. The molecule has 0 fully saturated rings. The molecule has 0 heterocycles. The fraction of sp³-hybridized carbons (Fsp3) is 0. The van der Waals surface area contributed by atoms with Gasteiger partial charge in [0.25, 0.3) is 14.7 Å². The molecule has 22 heavy (non-hydrogen) atoms. The van der Waals surface area contributed by atoms with Crippen LogP contribution in [0, 0.1) is 10.1 Å². The Labute approximate surface area is 139 Å². The summed E-state index contributed by atoms with van der Waals surface area (Å²) in [6.07, 6.45) is 0. The Morgan fingerprint density at radius 1 is 1.05 bits per heavy atom. The van der Waals surface area contributed by atoms with Gasteiger partial charge in [-0.15, -0.1) is 0 Å². The molecule has 0 N–H and O–H groups in total. The van der Waals surface area contributed by atoms with Crippen LogP contribution in [0.4, 0.5) is 5.69 Å². The van der Waals surface area contributed by atoms with E-state index in [-0.39, 0.29) is 32.1 Å². The van der Waals surface area contributed by atoms with E-state index in [2.05, 4.69) is 0 Å². The number of nitro benzene ring substituents is 1. The van der Waals surface area contributed by atoms with E-state index < -0.39 is 14.0 Å². The highest BCUT2D eigenvalue weighted by Crippen LogP contribution is 2.39. The Bertz CT molecular complexity index is 813. The van der Waals surface area contributed by atoms with E-state index in [4.69, 9.17) is 38.6 Å². The van der Waals surface area contributed by atoms with Crippen LogP contribution in [0.3, 0.4) is 0 Å². The molecule has 116 valence electrons. The largest absolute Gasteiger partial charge is 0.454 e. The number of nitrogens with zero attached hydrogens (tertiary/aromatic N) is 1. The van der Waals surface area contributed by atoms with Crippen molar-refractivity contribution in [3.63, 3.8) is 0 Å². The second-order valence-electron chi connectivity index (χ2n) is 4.01. The average Bonchev–Trinajstić information content (AvgIpc) is 2.42. The fourth-order valence-electron chi connectivity index (χ4n) is 1.53. The Morgan fingerprint density at radius 2 is 1.55 bits per heavy atom. The third-order valence-corrected chi connectivity index (χ3v) is 4.42. The zero-order valence-electron chi connectivity index (χ0n) is 10.5. The number of hydrogen-bond acceptors (Lipinski definition) is 5. The summed E-state index contributed by atoms with van der Waals surface area (Å²) in [5.74, 6) is 0.261. The van der Waals surface area contributed by atoms with Gasteiger partial charge in [0.05, 0.1) is 19.9 Å². The molecule has 0 saturated carbocycles. The van der Waals surface area contributed by atoms with Crippen LogP contribution < -0.4 is 4.74 Å². The Hall–Kier alpha value is -1.54. The van der Waals surface area contributed by atoms with Crippen LogP contribution in [-0.2, 0) is 9.05 Å². The lowest BCUT2D eigenvalue weighted by Crippen LogP contribution is -1.94. The molecule has 6 nitrogen and oxygen atoms in total. The van der Waals surface area contributed by atoms with Gasteiger partial charge >= 0.3 is 0 Å². The van der Waals surface area contributed by atoms with Crippen molar-refractivity contribution in [2.75, 3.05) is 0 Å². The van der Waals surface area contributed by atoms with E-state index in [1.165, 1.54) is 24.3 Å². The molecular formula is C12H6Cl3NO5S. The van der Waals surface area contributed by atoms with Gasteiger partial charge in [0.15, 0.2) is 5.75 Å². The summed E-state index contributed by atoms with van der Waals surface area (Å²) in [5.41, 5.74) is -0.104. The smallest absolute Gasteiger partial charge is 0.269 e. The first kappa shape index (κ1) is 16.8. The van der Waals surface area contributed by atoms with Crippen molar-refractivity contribution in [1.82, 2.24) is 0 Å². The normalized spacial score (nSPS) is 11.2. The van der Waals surface area contributed by atoms with Gasteiger partial charge in [-0.1, -0.05) is 23.2 Å². The average molecular weight is 383 g/mol. The SMILES string of the molecule is O=[N+]([O-])c1ccc(Oc2c(Cl)cc(S(=O)(=O)Cl)cc2Cl)cc1. The van der Waals surface area contributed by atoms with Crippen LogP contribution in [0.15, 0.2) is 41.3 Å². The van der Waals surface area contributed by atoms with Gasteiger partial charge < -0.3 is 4.74 Å². The Kier molecular flexibility index (Phi) is 4.81. The monoisotopic (exact) mass is 381 g/mol. The molecule has 0 aliphatic rings. The van der Waals surface area contributed by atoms with Gasteiger partial charge in [0, 0.05) is 22.8 Å². The number of benzene rings is 2. The van der Waals surface area contributed by atoms with E-state index in [9.17, 15) is 18.5 Å². The maximum Gasteiger partial charge on any atom is 0.269 e. The second kappa shape index (κ2) is 6.29. The molecule has 0 spiro atoms. The van der Waals surface area contributed by atoms with Crippen LogP contribution in [0.5, 0.6) is 11.5 Å². The highest BCUT2D eigenvalue weighted by atomic mass is 35.7. The second-order valence-corrected chi connectivity index (χ2v) is 7.39. The van der Waals surface area contributed by atoms with Crippen LogP contribution in [0.2, 0.25) is 10.0 Å². The van der Waals surface area contributed by atoms with Gasteiger partial charge in [-0.2, -0.15) is 0 Å². The zero-order chi connectivity index (χ0) is 16.5. The first-order valence-electron chi connectivity index (χ1n) is 5.54. The lowest BCUT2D eigenvalue weighted by molar-refractivity contribution is -0.384. The van der Waals surface area contributed by atoms with Gasteiger partial charge in [0.1, 0.15) is 5.75 Å². The molecule has 0 atom stereocenters. The molecular weight excluding hydrogens is 377 g/mol. The van der Waals surface area contributed by atoms with Crippen molar-refractivity contribution >= 4 is 48.6 Å². The number of hydrogen-bond donors (Lipinski definition) is 0. The molecule has 0 unspecified atom stereocenters. The van der Waals surface area contributed by atoms with E-state index in [0.29, 0.717) is 0 Å². The molecule has 2 rings (SSSR count). The summed E-state index contributed by atoms with van der Waals surface area (Å²) < 4.78 is 27.9. The van der Waals surface area contributed by atoms with Crippen LogP contribution in [0.25, 0.3) is 0 Å². The zero-order valence-corrected chi connectivity index (χ0v) is 13.6. The van der Waals surface area contributed by atoms with Crippen molar-refractivity contribution in [1.29, 1.82) is 0 Å². The fourth-order valence-corrected chi connectivity index (χ4v) is 3.01. The highest BCUT2D eigenvalue weighted by Gasteiger charge is 2.17. The predicted molar refractivity (Wildman–Crippen MR) is 82.7 cm³/mol. The minimum atomic E-state index is -3.98. The molecule has 2 aromatic rings. The first-order chi connectivity index (χ1) is 10.2. The quantitative estimate of drug-likeness (QED) is 0.437. The third-order valence-electron chi connectivity index (χ3n) is 2.52. The molecule has 0 saturated heterocycles. The molecule has 0 aliphatic heterocycles. The van der Waals surface area contributed by atoms with Crippen molar-refractivity contribution in [2.45, 2.75) is 4.90 Å². The number of nitro groups is 1. The lowest BCUT2D eigenvalue weighted by atomic mass is 10.3. The topological polar surface area (TPSA) is 86.5 Å². The number of rotatable bonds is 4. The van der Waals surface area contributed by atoms with Crippen molar-refractivity contribution in [3.8, 4) is 11.5 Å². The molecule has 0 aliphatic carbocycles. The van der Waals surface area contributed by atoms with Gasteiger partial charge in [-0.05, 0) is 24.3 Å². The number of non-ortho nitro benzene ring substituents is 1. The third kappa shape index (κ3) is 3.80. The molecule has 0 bridgehead atoms. The molecule has 0 aromatic heterocycles. The summed E-state index contributed by atoms with van der Waals surface area (Å²) in [6, 6.07) is 7.39. The van der Waals surface area contributed by atoms with Crippen molar-refractivity contribution in [3.05, 3.63) is 56.6 Å². The van der Waals surface area contributed by atoms with Crippen LogP contribution in [-0.4, -0.2) is 13.3 Å². The minimum absolute atomic E-state index is 0.0150. The molecule has 0 amide bonds. The molecule has 10 heteroatoms. The van der Waals surface area contributed by atoms with E-state index >= 15 is 0 Å². The molecule has 2 aromatic carbocycles. The van der Waals surface area contributed by atoms with Gasteiger partial charge in [-0.3, -0.25) is 10.1 Å². The van der Waals surface area contributed by atoms with Gasteiger partial charge in [0.2, 0.25) is 0 Å². The standard InChI is InChI=1S/C12H6Cl3NO5S/c13-10-5-9(22(15,19)20)6-11(14)12(10)21-8-3-1-7(2-4-8)16(17)18/h1-6H. The van der Waals surface area contributed by atoms with Crippen LogP contribution >= 0.6 is 33.9 Å². The summed E-state index contributed by atoms with van der Waals surface area (Å²) in [4.78, 5) is 9.75. The Morgan fingerprint density at radius 3 is 1.95 bits per heavy atom. The van der Waals surface area contributed by atoms with E-state index in [1.807, 2.05) is 0 Å².